The maximum absolute atomic E-state index is 14.0. The Hall–Kier alpha value is -2.41. The van der Waals surface area contributed by atoms with Crippen LogP contribution in [0.2, 0.25) is 5.15 Å². The fraction of sp³-hybridized carbons (Fsp3) is 0.522. The maximum atomic E-state index is 14.0. The topological polar surface area (TPSA) is 87.3 Å². The van der Waals surface area contributed by atoms with Crippen molar-refractivity contribution >= 4 is 17.7 Å². The first-order valence-corrected chi connectivity index (χ1v) is 10.6. The van der Waals surface area contributed by atoms with Crippen LogP contribution in [0.4, 0.5) is 9.18 Å². The van der Waals surface area contributed by atoms with Gasteiger partial charge < -0.3 is 15.2 Å². The highest BCUT2D eigenvalue weighted by molar-refractivity contribution is 6.29. The second kappa shape index (κ2) is 11.8. The van der Waals surface area contributed by atoms with Gasteiger partial charge in [0.25, 0.3) is 0 Å². The molecule has 1 unspecified atom stereocenters. The fourth-order valence-electron chi connectivity index (χ4n) is 2.87. The van der Waals surface area contributed by atoms with Crippen LogP contribution in [0, 0.1) is 24.6 Å². The van der Waals surface area contributed by atoms with Crippen molar-refractivity contribution in [2.75, 3.05) is 6.61 Å². The second-order valence-electron chi connectivity index (χ2n) is 8.82. The number of amides is 1. The number of ether oxygens (including phenoxy) is 2. The first-order valence-electron chi connectivity index (χ1n) is 10.2. The molecule has 0 bridgehead atoms. The number of carbonyl (C=O) groups is 1. The molecule has 2 aromatic heterocycles. The van der Waals surface area contributed by atoms with E-state index in [4.69, 9.17) is 22.1 Å². The zero-order valence-electron chi connectivity index (χ0n) is 19.3. The summed E-state index contributed by atoms with van der Waals surface area (Å²) >= 11 is 5.72. The fourth-order valence-corrected chi connectivity index (χ4v) is 3.03. The predicted molar refractivity (Wildman–Crippen MR) is 122 cm³/mol. The van der Waals surface area contributed by atoms with E-state index in [1.54, 1.807) is 32.9 Å². The Morgan fingerprint density at radius 1 is 1.23 bits per heavy atom. The molecule has 6 nitrogen and oxygen atoms in total. The van der Waals surface area contributed by atoms with Crippen molar-refractivity contribution in [3.8, 4) is 17.0 Å². The highest BCUT2D eigenvalue weighted by Gasteiger charge is 2.14. The number of pyridine rings is 2. The Labute approximate surface area is 189 Å². The van der Waals surface area contributed by atoms with E-state index >= 15 is 0 Å². The summed E-state index contributed by atoms with van der Waals surface area (Å²) in [6.45, 7) is 14.4. The van der Waals surface area contributed by atoms with Crippen molar-refractivity contribution in [3.05, 3.63) is 41.1 Å². The van der Waals surface area contributed by atoms with Crippen LogP contribution < -0.4 is 10.5 Å². The summed E-state index contributed by atoms with van der Waals surface area (Å²) in [5.74, 6) is 1.30. The maximum Gasteiger partial charge on any atom is 0.405 e. The molecule has 8 heteroatoms. The summed E-state index contributed by atoms with van der Waals surface area (Å²) in [6, 6.07) is 5.13. The first kappa shape index (κ1) is 26.6. The molecule has 0 radical (unpaired) electrons. The lowest BCUT2D eigenvalue weighted by Crippen LogP contribution is -2.27. The summed E-state index contributed by atoms with van der Waals surface area (Å²) in [6.07, 6.45) is 1.86. The van der Waals surface area contributed by atoms with Crippen LogP contribution in [-0.4, -0.2) is 28.3 Å². The summed E-state index contributed by atoms with van der Waals surface area (Å²) < 4.78 is 24.5. The van der Waals surface area contributed by atoms with Crippen LogP contribution in [0.15, 0.2) is 24.4 Å². The number of hydrogen-bond donors (Lipinski definition) is 1. The third-order valence-corrected chi connectivity index (χ3v) is 4.23. The summed E-state index contributed by atoms with van der Waals surface area (Å²) in [5.41, 5.74) is 5.85. The third-order valence-electron chi connectivity index (χ3n) is 3.96. The molecule has 0 saturated carbocycles. The molecular weight excluding hydrogens is 421 g/mol. The molecular formula is C23H33ClFN3O3. The van der Waals surface area contributed by atoms with Gasteiger partial charge in [-0.15, -0.1) is 0 Å². The molecule has 2 heterocycles. The largest absolute Gasteiger partial charge is 0.491 e. The lowest BCUT2D eigenvalue weighted by Gasteiger charge is -2.16. The summed E-state index contributed by atoms with van der Waals surface area (Å²) in [7, 11) is 0. The average Bonchev–Trinajstić information content (AvgIpc) is 2.61. The van der Waals surface area contributed by atoms with Crippen molar-refractivity contribution in [1.29, 1.82) is 0 Å². The van der Waals surface area contributed by atoms with Gasteiger partial charge in [-0.1, -0.05) is 32.4 Å². The molecule has 0 aliphatic carbocycles. The minimum atomic E-state index is -0.725. The minimum Gasteiger partial charge on any atom is -0.491 e. The molecule has 0 aromatic carbocycles. The van der Waals surface area contributed by atoms with E-state index in [-0.39, 0.29) is 5.15 Å². The third kappa shape index (κ3) is 9.96. The predicted octanol–water partition coefficient (Wildman–Crippen LogP) is 6.19. The number of primary amides is 1. The molecule has 172 valence electrons. The SMILES string of the molecule is CC(C)(C)OC(N)=O.Cc1nc(-c2ccnc(Cl)c2F)ccc1OCC(C)CC(C)C. The Bertz CT molecular complexity index is 870. The Balaban J connectivity index is 0.000000512. The Morgan fingerprint density at radius 2 is 1.87 bits per heavy atom. The van der Waals surface area contributed by atoms with E-state index in [1.165, 1.54) is 6.20 Å². The lowest BCUT2D eigenvalue weighted by atomic mass is 10.00. The highest BCUT2D eigenvalue weighted by atomic mass is 35.5. The van der Waals surface area contributed by atoms with Crippen LogP contribution in [0.25, 0.3) is 11.3 Å². The molecule has 0 aliphatic rings. The molecule has 2 rings (SSSR count). The number of halogens is 2. The highest BCUT2D eigenvalue weighted by Crippen LogP contribution is 2.27. The van der Waals surface area contributed by atoms with Crippen LogP contribution in [0.5, 0.6) is 5.75 Å². The number of aryl methyl sites for hydroxylation is 1. The quantitative estimate of drug-likeness (QED) is 0.527. The number of nitrogens with zero attached hydrogens (tertiary/aromatic N) is 2. The van der Waals surface area contributed by atoms with Crippen LogP contribution >= 0.6 is 11.6 Å². The monoisotopic (exact) mass is 453 g/mol. The smallest absolute Gasteiger partial charge is 0.405 e. The van der Waals surface area contributed by atoms with Crippen LogP contribution in [0.3, 0.4) is 0 Å². The Kier molecular flexibility index (Phi) is 10.2. The number of rotatable bonds is 6. The molecule has 0 aliphatic heterocycles. The van der Waals surface area contributed by atoms with Gasteiger partial charge in [-0.2, -0.15) is 0 Å². The van der Waals surface area contributed by atoms with Crippen molar-refractivity contribution in [1.82, 2.24) is 9.97 Å². The normalized spacial score (nSPS) is 12.1. The molecule has 31 heavy (non-hydrogen) atoms. The van der Waals surface area contributed by atoms with E-state index in [1.807, 2.05) is 13.0 Å². The zero-order valence-corrected chi connectivity index (χ0v) is 20.1. The van der Waals surface area contributed by atoms with Crippen LogP contribution in [0.1, 0.15) is 53.7 Å². The van der Waals surface area contributed by atoms with Gasteiger partial charge in [-0.25, -0.2) is 19.2 Å². The zero-order chi connectivity index (χ0) is 23.8. The van der Waals surface area contributed by atoms with E-state index in [0.29, 0.717) is 29.7 Å². The van der Waals surface area contributed by atoms with Crippen molar-refractivity contribution in [3.63, 3.8) is 0 Å². The second-order valence-corrected chi connectivity index (χ2v) is 9.18. The number of carbonyl (C=O) groups excluding carboxylic acids is 1. The van der Waals surface area contributed by atoms with Gasteiger partial charge in [0, 0.05) is 11.8 Å². The molecule has 0 fully saturated rings. The van der Waals surface area contributed by atoms with E-state index < -0.39 is 17.5 Å². The average molecular weight is 454 g/mol. The van der Waals surface area contributed by atoms with Gasteiger partial charge >= 0.3 is 6.09 Å². The summed E-state index contributed by atoms with van der Waals surface area (Å²) in [5, 5.41) is -0.148. The number of nitrogens with two attached hydrogens (primary N) is 1. The van der Waals surface area contributed by atoms with Gasteiger partial charge in [0.15, 0.2) is 11.0 Å². The van der Waals surface area contributed by atoms with E-state index in [2.05, 4.69) is 35.5 Å². The molecule has 0 spiro atoms. The molecule has 2 aromatic rings. The van der Waals surface area contributed by atoms with Gasteiger partial charge in [0.05, 0.1) is 18.0 Å². The van der Waals surface area contributed by atoms with Gasteiger partial charge in [0.1, 0.15) is 11.4 Å². The molecule has 2 N–H and O–H groups in total. The Morgan fingerprint density at radius 3 is 2.35 bits per heavy atom. The van der Waals surface area contributed by atoms with Gasteiger partial charge in [0.2, 0.25) is 0 Å². The van der Waals surface area contributed by atoms with E-state index in [0.717, 1.165) is 17.9 Å². The lowest BCUT2D eigenvalue weighted by molar-refractivity contribution is 0.0600. The van der Waals surface area contributed by atoms with Crippen LogP contribution in [-0.2, 0) is 4.74 Å². The first-order chi connectivity index (χ1) is 14.3. The van der Waals surface area contributed by atoms with Crippen molar-refractivity contribution < 1.29 is 18.7 Å². The van der Waals surface area contributed by atoms with E-state index in [9.17, 15) is 9.18 Å². The number of aromatic nitrogens is 2. The molecule has 0 saturated heterocycles. The minimum absolute atomic E-state index is 0.148. The van der Waals surface area contributed by atoms with Crippen molar-refractivity contribution in [2.45, 2.75) is 60.5 Å². The standard InChI is InChI=1S/C18H22ClFN2O.C5H11NO2/c1-11(2)9-12(3)10-23-16-6-5-15(22-13(16)4)14-7-8-21-18(19)17(14)20;1-5(2,3)8-4(6)7/h5-8,11-12H,9-10H2,1-4H3;1-3H3,(H2,6,7). The molecule has 1 atom stereocenters. The summed E-state index contributed by atoms with van der Waals surface area (Å²) in [4.78, 5) is 18.2. The van der Waals surface area contributed by atoms with Gasteiger partial charge in [-0.05, 0) is 64.2 Å². The van der Waals surface area contributed by atoms with Crippen molar-refractivity contribution in [2.24, 2.45) is 17.6 Å². The number of hydrogen-bond acceptors (Lipinski definition) is 5. The van der Waals surface area contributed by atoms with Gasteiger partial charge in [-0.3, -0.25) is 0 Å². The molecule has 1 amide bonds.